The topological polar surface area (TPSA) is 26.0 Å². The number of benzene rings is 2. The normalized spacial score (nSPS) is 12.4. The lowest BCUT2D eigenvalue weighted by atomic mass is 10.1. The fraction of sp³-hybridized carbons (Fsp3) is 0.200. The van der Waals surface area contributed by atoms with Crippen LogP contribution in [0.15, 0.2) is 47.4 Å². The molecule has 0 aliphatic heterocycles. The number of halogens is 2. The maximum Gasteiger partial charge on any atom is 0.128 e. The first-order valence-corrected chi connectivity index (χ1v) is 7.35. The van der Waals surface area contributed by atoms with Gasteiger partial charge >= 0.3 is 0 Å². The molecule has 0 aliphatic rings. The van der Waals surface area contributed by atoms with Crippen LogP contribution in [0.4, 0.5) is 4.39 Å². The van der Waals surface area contributed by atoms with Crippen molar-refractivity contribution in [3.8, 4) is 0 Å². The second kappa shape index (κ2) is 6.42. The molecule has 2 N–H and O–H groups in total. The molecule has 0 aliphatic carbocycles. The molecule has 4 heteroatoms. The second-order valence-electron chi connectivity index (χ2n) is 4.35. The number of rotatable bonds is 4. The van der Waals surface area contributed by atoms with E-state index in [1.807, 2.05) is 31.2 Å². The average Bonchev–Trinajstić information content (AvgIpc) is 2.38. The van der Waals surface area contributed by atoms with Crippen molar-refractivity contribution in [2.45, 2.75) is 23.6 Å². The van der Waals surface area contributed by atoms with Gasteiger partial charge in [-0.2, -0.15) is 0 Å². The molecule has 0 saturated heterocycles. The third kappa shape index (κ3) is 3.72. The van der Waals surface area contributed by atoms with Gasteiger partial charge in [-0.15, -0.1) is 11.8 Å². The minimum absolute atomic E-state index is 0.0278. The smallest absolute Gasteiger partial charge is 0.128 e. The zero-order valence-corrected chi connectivity index (χ0v) is 12.1. The van der Waals surface area contributed by atoms with Crippen molar-refractivity contribution in [3.63, 3.8) is 0 Å². The second-order valence-corrected chi connectivity index (χ2v) is 5.80. The molecule has 0 bridgehead atoms. The summed E-state index contributed by atoms with van der Waals surface area (Å²) in [6.45, 7) is 1.95. The molecule has 0 spiro atoms. The zero-order valence-electron chi connectivity index (χ0n) is 10.6. The molecule has 1 atom stereocenters. The van der Waals surface area contributed by atoms with E-state index in [0.29, 0.717) is 16.3 Å². The third-order valence-electron chi connectivity index (χ3n) is 2.85. The molecular formula is C15H15ClFNS. The van der Waals surface area contributed by atoms with E-state index in [2.05, 4.69) is 0 Å². The highest BCUT2D eigenvalue weighted by molar-refractivity contribution is 7.98. The summed E-state index contributed by atoms with van der Waals surface area (Å²) in [4.78, 5) is 1.07. The van der Waals surface area contributed by atoms with Crippen LogP contribution in [0.1, 0.15) is 24.1 Å². The Balaban J connectivity index is 2.06. The minimum Gasteiger partial charge on any atom is -0.324 e. The van der Waals surface area contributed by atoms with Gasteiger partial charge in [-0.1, -0.05) is 29.8 Å². The number of hydrogen-bond acceptors (Lipinski definition) is 2. The molecule has 0 fully saturated rings. The van der Waals surface area contributed by atoms with Gasteiger partial charge in [0.15, 0.2) is 0 Å². The highest BCUT2D eigenvalue weighted by atomic mass is 35.5. The van der Waals surface area contributed by atoms with Crippen molar-refractivity contribution in [1.29, 1.82) is 0 Å². The highest BCUT2D eigenvalue weighted by Gasteiger charge is 2.07. The predicted molar refractivity (Wildman–Crippen MR) is 80.0 cm³/mol. The van der Waals surface area contributed by atoms with Crippen molar-refractivity contribution in [2.75, 3.05) is 0 Å². The minimum atomic E-state index is -0.257. The predicted octanol–water partition coefficient (Wildman–Crippen LogP) is 4.79. The quantitative estimate of drug-likeness (QED) is 0.821. The van der Waals surface area contributed by atoms with E-state index < -0.39 is 0 Å². The Morgan fingerprint density at radius 1 is 1.21 bits per heavy atom. The van der Waals surface area contributed by atoms with Crippen LogP contribution in [0.3, 0.4) is 0 Å². The van der Waals surface area contributed by atoms with Crippen molar-refractivity contribution in [2.24, 2.45) is 5.73 Å². The third-order valence-corrected chi connectivity index (χ3v) is 4.24. The van der Waals surface area contributed by atoms with Crippen LogP contribution < -0.4 is 5.73 Å². The van der Waals surface area contributed by atoms with Crippen LogP contribution in [-0.4, -0.2) is 0 Å². The molecule has 0 aromatic heterocycles. The summed E-state index contributed by atoms with van der Waals surface area (Å²) in [6, 6.07) is 12.8. The summed E-state index contributed by atoms with van der Waals surface area (Å²) in [5.74, 6) is 0.260. The van der Waals surface area contributed by atoms with Gasteiger partial charge in [0.25, 0.3) is 0 Å². The van der Waals surface area contributed by atoms with Crippen LogP contribution in [0.25, 0.3) is 0 Å². The SMILES string of the molecule is CC(N)c1ccc(SCc2c(F)cccc2Cl)cc1. The number of thioether (sulfide) groups is 1. The lowest BCUT2D eigenvalue weighted by Gasteiger charge is -2.08. The van der Waals surface area contributed by atoms with E-state index in [9.17, 15) is 4.39 Å². The summed E-state index contributed by atoms with van der Waals surface area (Å²) in [7, 11) is 0. The van der Waals surface area contributed by atoms with Gasteiger partial charge in [-0.3, -0.25) is 0 Å². The van der Waals surface area contributed by atoms with Crippen LogP contribution in [0.2, 0.25) is 5.02 Å². The summed E-state index contributed by atoms with van der Waals surface area (Å²) in [5.41, 5.74) is 7.43. The van der Waals surface area contributed by atoms with E-state index in [1.54, 1.807) is 23.9 Å². The lowest BCUT2D eigenvalue weighted by molar-refractivity contribution is 0.617. The molecule has 2 aromatic carbocycles. The Bertz CT molecular complexity index is 534. The molecule has 0 radical (unpaired) electrons. The first kappa shape index (κ1) is 14.4. The maximum atomic E-state index is 13.6. The molecule has 19 heavy (non-hydrogen) atoms. The van der Waals surface area contributed by atoms with Gasteiger partial charge in [0.1, 0.15) is 5.82 Å². The maximum absolute atomic E-state index is 13.6. The lowest BCUT2D eigenvalue weighted by Crippen LogP contribution is -2.04. The van der Waals surface area contributed by atoms with Crippen LogP contribution >= 0.6 is 23.4 Å². The van der Waals surface area contributed by atoms with Gasteiger partial charge in [0, 0.05) is 27.3 Å². The molecule has 2 aromatic rings. The van der Waals surface area contributed by atoms with Gasteiger partial charge in [0.05, 0.1) is 0 Å². The van der Waals surface area contributed by atoms with Crippen LogP contribution in [0, 0.1) is 5.82 Å². The summed E-state index contributed by atoms with van der Waals surface area (Å²) < 4.78 is 13.6. The summed E-state index contributed by atoms with van der Waals surface area (Å²) in [5, 5.41) is 0.472. The zero-order chi connectivity index (χ0) is 13.8. The summed E-state index contributed by atoms with van der Waals surface area (Å²) in [6.07, 6.45) is 0. The summed E-state index contributed by atoms with van der Waals surface area (Å²) >= 11 is 7.55. The van der Waals surface area contributed by atoms with E-state index in [1.165, 1.54) is 6.07 Å². The first-order valence-electron chi connectivity index (χ1n) is 5.99. The Hall–Kier alpha value is -1.03. The first-order chi connectivity index (χ1) is 9.08. The molecule has 0 amide bonds. The van der Waals surface area contributed by atoms with Crippen molar-refractivity contribution in [1.82, 2.24) is 0 Å². The van der Waals surface area contributed by atoms with Gasteiger partial charge < -0.3 is 5.73 Å². The van der Waals surface area contributed by atoms with E-state index in [4.69, 9.17) is 17.3 Å². The highest BCUT2D eigenvalue weighted by Crippen LogP contribution is 2.29. The fourth-order valence-corrected chi connectivity index (χ4v) is 2.94. The van der Waals surface area contributed by atoms with Crippen molar-refractivity contribution >= 4 is 23.4 Å². The largest absolute Gasteiger partial charge is 0.324 e. The molecule has 100 valence electrons. The molecule has 1 nitrogen and oxygen atoms in total. The molecule has 1 unspecified atom stereocenters. The molecule has 0 saturated carbocycles. The Labute approximate surface area is 122 Å². The van der Waals surface area contributed by atoms with E-state index in [0.717, 1.165) is 10.5 Å². The van der Waals surface area contributed by atoms with Crippen LogP contribution in [0.5, 0.6) is 0 Å². The molecule has 0 heterocycles. The standard InChI is InChI=1S/C15H15ClFNS/c1-10(18)11-5-7-12(8-6-11)19-9-13-14(16)3-2-4-15(13)17/h2-8,10H,9,18H2,1H3. The molecule has 2 rings (SSSR count). The van der Waals surface area contributed by atoms with Crippen molar-refractivity contribution in [3.05, 3.63) is 64.4 Å². The van der Waals surface area contributed by atoms with Crippen LogP contribution in [-0.2, 0) is 5.75 Å². The molecular weight excluding hydrogens is 281 g/mol. The van der Waals surface area contributed by atoms with Crippen molar-refractivity contribution < 1.29 is 4.39 Å². The van der Waals surface area contributed by atoms with Gasteiger partial charge in [-0.25, -0.2) is 4.39 Å². The van der Waals surface area contributed by atoms with E-state index >= 15 is 0 Å². The Morgan fingerprint density at radius 2 is 1.89 bits per heavy atom. The Morgan fingerprint density at radius 3 is 2.47 bits per heavy atom. The fourth-order valence-electron chi connectivity index (χ4n) is 1.69. The Kier molecular flexibility index (Phi) is 4.86. The number of hydrogen-bond donors (Lipinski definition) is 1. The van der Waals surface area contributed by atoms with Gasteiger partial charge in [0.2, 0.25) is 0 Å². The van der Waals surface area contributed by atoms with Gasteiger partial charge in [-0.05, 0) is 36.8 Å². The monoisotopic (exact) mass is 295 g/mol. The average molecular weight is 296 g/mol. The van der Waals surface area contributed by atoms with E-state index in [-0.39, 0.29) is 11.9 Å². The number of nitrogens with two attached hydrogens (primary N) is 1.